The van der Waals surface area contributed by atoms with Crippen LogP contribution in [0.3, 0.4) is 0 Å². The molecule has 1 rings (SSSR count). The van der Waals surface area contributed by atoms with Crippen LogP contribution in [0.25, 0.3) is 0 Å². The fourth-order valence-electron chi connectivity index (χ4n) is 2.76. The summed E-state index contributed by atoms with van der Waals surface area (Å²) in [6.07, 6.45) is 1.53. The van der Waals surface area contributed by atoms with Gasteiger partial charge in [-0.2, -0.15) is 0 Å². The number of rotatable bonds is 7. The molecule has 0 atom stereocenters. The maximum absolute atomic E-state index is 12.1. The number of carbonyl (C=O) groups is 2. The predicted octanol–water partition coefficient (Wildman–Crippen LogP) is 1.39. The molecule has 1 saturated heterocycles. The first kappa shape index (κ1) is 21.3. The summed E-state index contributed by atoms with van der Waals surface area (Å²) in [6, 6.07) is 0. The van der Waals surface area contributed by atoms with Crippen LogP contribution in [-0.4, -0.2) is 62.1 Å². The molecule has 0 aromatic rings. The fraction of sp³-hybridized carbons (Fsp3) is 0.833. The molecule has 1 fully saturated rings. The summed E-state index contributed by atoms with van der Waals surface area (Å²) < 4.78 is 5.12. The molecular formula is C18H34N4O3. The molecule has 0 saturated carbocycles. The first-order chi connectivity index (χ1) is 11.9. The van der Waals surface area contributed by atoms with Gasteiger partial charge in [0.1, 0.15) is 0 Å². The zero-order valence-electron chi connectivity index (χ0n) is 16.4. The standard InChI is InChI=1S/C18H34N4O3/c1-6-19-16(24)18(4,5)13-21-17(20-7-2)22-11-9-14(10-12-22)15(23)25-8-3/h14H,6-13H2,1-5H3,(H,19,24)(H,20,21). The third kappa shape index (κ3) is 6.55. The Morgan fingerprint density at radius 2 is 1.72 bits per heavy atom. The third-order valence-corrected chi connectivity index (χ3v) is 4.33. The van der Waals surface area contributed by atoms with Crippen LogP contribution in [0.1, 0.15) is 47.5 Å². The Kier molecular flexibility index (Phi) is 8.72. The van der Waals surface area contributed by atoms with Crippen molar-refractivity contribution in [3.8, 4) is 0 Å². The Bertz CT molecular complexity index is 469. The Morgan fingerprint density at radius 1 is 1.12 bits per heavy atom. The molecule has 0 aromatic carbocycles. The van der Waals surface area contributed by atoms with E-state index in [1.807, 2.05) is 34.6 Å². The van der Waals surface area contributed by atoms with Gasteiger partial charge in [0, 0.05) is 26.2 Å². The van der Waals surface area contributed by atoms with Gasteiger partial charge in [0.05, 0.1) is 24.5 Å². The molecule has 25 heavy (non-hydrogen) atoms. The smallest absolute Gasteiger partial charge is 0.309 e. The number of esters is 1. The van der Waals surface area contributed by atoms with Crippen molar-refractivity contribution in [3.63, 3.8) is 0 Å². The monoisotopic (exact) mass is 354 g/mol. The quantitative estimate of drug-likeness (QED) is 0.410. The van der Waals surface area contributed by atoms with Crippen LogP contribution >= 0.6 is 0 Å². The minimum atomic E-state index is -0.556. The first-order valence-electron chi connectivity index (χ1n) is 9.33. The number of amides is 1. The van der Waals surface area contributed by atoms with Crippen LogP contribution in [0, 0.1) is 11.3 Å². The van der Waals surface area contributed by atoms with E-state index < -0.39 is 5.41 Å². The molecule has 0 spiro atoms. The van der Waals surface area contributed by atoms with Gasteiger partial charge in [0.15, 0.2) is 5.96 Å². The summed E-state index contributed by atoms with van der Waals surface area (Å²) in [5, 5.41) is 6.15. The number of piperidine rings is 1. The zero-order valence-corrected chi connectivity index (χ0v) is 16.4. The molecular weight excluding hydrogens is 320 g/mol. The SMILES string of the molecule is CCNC(=O)C(C)(C)CN=C(NCC)N1CCC(C(=O)OCC)CC1. The fourth-order valence-corrected chi connectivity index (χ4v) is 2.76. The van der Waals surface area contributed by atoms with E-state index in [-0.39, 0.29) is 17.8 Å². The molecule has 1 aliphatic rings. The molecule has 0 unspecified atom stereocenters. The number of likely N-dealkylation sites (tertiary alicyclic amines) is 1. The number of aliphatic imine (C=N–C) groups is 1. The van der Waals surface area contributed by atoms with Crippen LogP contribution in [-0.2, 0) is 14.3 Å². The number of nitrogens with zero attached hydrogens (tertiary/aromatic N) is 2. The Labute approximate surface area is 151 Å². The number of carbonyl (C=O) groups excluding carboxylic acids is 2. The van der Waals surface area contributed by atoms with Gasteiger partial charge in [0.2, 0.25) is 5.91 Å². The van der Waals surface area contributed by atoms with Gasteiger partial charge >= 0.3 is 5.97 Å². The van der Waals surface area contributed by atoms with E-state index in [0.717, 1.165) is 38.4 Å². The first-order valence-corrected chi connectivity index (χ1v) is 9.33. The Balaban J connectivity index is 2.68. The van der Waals surface area contributed by atoms with E-state index in [4.69, 9.17) is 4.74 Å². The topological polar surface area (TPSA) is 83.0 Å². The lowest BCUT2D eigenvalue weighted by molar-refractivity contribution is -0.149. The van der Waals surface area contributed by atoms with Crippen molar-refractivity contribution in [1.29, 1.82) is 0 Å². The molecule has 1 heterocycles. The largest absolute Gasteiger partial charge is 0.466 e. The molecule has 144 valence electrons. The van der Waals surface area contributed by atoms with Crippen molar-refractivity contribution in [3.05, 3.63) is 0 Å². The van der Waals surface area contributed by atoms with E-state index in [2.05, 4.69) is 20.5 Å². The highest BCUT2D eigenvalue weighted by molar-refractivity contribution is 5.84. The number of nitrogens with one attached hydrogen (secondary N) is 2. The van der Waals surface area contributed by atoms with Crippen LogP contribution in [0.5, 0.6) is 0 Å². The lowest BCUT2D eigenvalue weighted by Crippen LogP contribution is -2.47. The van der Waals surface area contributed by atoms with Gasteiger partial charge in [0.25, 0.3) is 0 Å². The summed E-state index contributed by atoms with van der Waals surface area (Å²) >= 11 is 0. The Morgan fingerprint density at radius 3 is 2.24 bits per heavy atom. The molecule has 0 bridgehead atoms. The highest BCUT2D eigenvalue weighted by Gasteiger charge is 2.29. The van der Waals surface area contributed by atoms with Crippen LogP contribution in [0.4, 0.5) is 0 Å². The van der Waals surface area contributed by atoms with E-state index >= 15 is 0 Å². The van der Waals surface area contributed by atoms with Crippen LogP contribution in [0.15, 0.2) is 4.99 Å². The predicted molar refractivity (Wildman–Crippen MR) is 99.4 cm³/mol. The van der Waals surface area contributed by atoms with Crippen molar-refractivity contribution in [2.75, 3.05) is 39.3 Å². The minimum absolute atomic E-state index is 0.00983. The second-order valence-corrected chi connectivity index (χ2v) is 6.93. The molecule has 0 aliphatic carbocycles. The van der Waals surface area contributed by atoms with Crippen molar-refractivity contribution in [2.24, 2.45) is 16.3 Å². The number of hydrogen-bond donors (Lipinski definition) is 2. The highest BCUT2D eigenvalue weighted by atomic mass is 16.5. The van der Waals surface area contributed by atoms with E-state index in [1.165, 1.54) is 0 Å². The molecule has 7 nitrogen and oxygen atoms in total. The number of ether oxygens (including phenoxy) is 1. The lowest BCUT2D eigenvalue weighted by Gasteiger charge is -2.34. The van der Waals surface area contributed by atoms with E-state index in [0.29, 0.717) is 19.7 Å². The maximum Gasteiger partial charge on any atom is 0.309 e. The van der Waals surface area contributed by atoms with E-state index in [1.54, 1.807) is 0 Å². The van der Waals surface area contributed by atoms with Gasteiger partial charge in [-0.15, -0.1) is 0 Å². The summed E-state index contributed by atoms with van der Waals surface area (Å²) in [6.45, 7) is 13.3. The second-order valence-electron chi connectivity index (χ2n) is 6.93. The Hall–Kier alpha value is -1.79. The molecule has 2 N–H and O–H groups in total. The molecule has 0 aromatic heterocycles. The van der Waals surface area contributed by atoms with Crippen molar-refractivity contribution < 1.29 is 14.3 Å². The van der Waals surface area contributed by atoms with Crippen LogP contribution in [0.2, 0.25) is 0 Å². The van der Waals surface area contributed by atoms with Crippen molar-refractivity contribution in [1.82, 2.24) is 15.5 Å². The van der Waals surface area contributed by atoms with Gasteiger partial charge in [-0.1, -0.05) is 0 Å². The number of hydrogen-bond acceptors (Lipinski definition) is 4. The summed E-state index contributed by atoms with van der Waals surface area (Å²) in [5.41, 5.74) is -0.556. The maximum atomic E-state index is 12.1. The summed E-state index contributed by atoms with van der Waals surface area (Å²) in [7, 11) is 0. The number of guanidine groups is 1. The van der Waals surface area contributed by atoms with Crippen molar-refractivity contribution >= 4 is 17.8 Å². The van der Waals surface area contributed by atoms with Gasteiger partial charge in [-0.25, -0.2) is 0 Å². The summed E-state index contributed by atoms with van der Waals surface area (Å²) in [4.78, 5) is 30.8. The average Bonchev–Trinajstić information content (AvgIpc) is 2.59. The van der Waals surface area contributed by atoms with Crippen molar-refractivity contribution in [2.45, 2.75) is 47.5 Å². The van der Waals surface area contributed by atoms with Crippen LogP contribution < -0.4 is 10.6 Å². The molecule has 1 aliphatic heterocycles. The van der Waals surface area contributed by atoms with Gasteiger partial charge in [-0.05, 0) is 47.5 Å². The lowest BCUT2D eigenvalue weighted by atomic mass is 9.92. The molecule has 0 radical (unpaired) electrons. The molecule has 1 amide bonds. The molecule has 7 heteroatoms. The van der Waals surface area contributed by atoms with Gasteiger partial charge < -0.3 is 20.3 Å². The normalized spacial score (nSPS) is 16.5. The second kappa shape index (κ2) is 10.3. The average molecular weight is 354 g/mol. The minimum Gasteiger partial charge on any atom is -0.466 e. The highest BCUT2D eigenvalue weighted by Crippen LogP contribution is 2.20. The summed E-state index contributed by atoms with van der Waals surface area (Å²) in [5.74, 6) is 0.699. The third-order valence-electron chi connectivity index (χ3n) is 4.33. The zero-order chi connectivity index (χ0) is 18.9. The van der Waals surface area contributed by atoms with Gasteiger partial charge in [-0.3, -0.25) is 14.6 Å². The van der Waals surface area contributed by atoms with E-state index in [9.17, 15) is 9.59 Å².